The SMILES string of the molecule is CC(C)(C)c1cc(C2C(=C(O)c3ccccc3)C(=O)C(=O)N2CC2CCCO2)cc(C(C)(C)C)c1O. The second-order valence-electron chi connectivity index (χ2n) is 11.9. The van der Waals surface area contributed by atoms with Gasteiger partial charge in [-0.1, -0.05) is 71.9 Å². The lowest BCUT2D eigenvalue weighted by molar-refractivity contribution is -0.140. The van der Waals surface area contributed by atoms with Gasteiger partial charge in [0.05, 0.1) is 17.7 Å². The highest BCUT2D eigenvalue weighted by Crippen LogP contribution is 2.46. The lowest BCUT2D eigenvalue weighted by atomic mass is 9.77. The van der Waals surface area contributed by atoms with Gasteiger partial charge < -0.3 is 19.8 Å². The molecule has 2 aromatic rings. The standard InChI is InChI=1S/C30H37NO5/c1-29(2,3)21-15-19(16-22(26(21)33)30(4,5)6)24-23(25(32)18-11-8-7-9-12-18)27(34)28(35)31(24)17-20-13-10-14-36-20/h7-9,11-12,15-16,20,24,32-33H,10,13-14,17H2,1-6H3. The first-order valence-corrected chi connectivity index (χ1v) is 12.6. The molecular formula is C30H37NO5. The molecule has 0 spiro atoms. The summed E-state index contributed by atoms with van der Waals surface area (Å²) in [6.45, 7) is 13.0. The number of phenolic OH excluding ortho intramolecular Hbond substituents is 1. The van der Waals surface area contributed by atoms with Gasteiger partial charge in [0.2, 0.25) is 0 Å². The Morgan fingerprint density at radius 3 is 2.08 bits per heavy atom. The first-order valence-electron chi connectivity index (χ1n) is 12.6. The summed E-state index contributed by atoms with van der Waals surface area (Å²) in [6, 6.07) is 11.8. The van der Waals surface area contributed by atoms with Crippen LogP contribution in [0.25, 0.3) is 5.76 Å². The van der Waals surface area contributed by atoms with Crippen molar-refractivity contribution in [1.29, 1.82) is 0 Å². The maximum atomic E-state index is 13.4. The topological polar surface area (TPSA) is 87.1 Å². The number of aliphatic hydroxyl groups excluding tert-OH is 1. The van der Waals surface area contributed by atoms with Gasteiger partial charge in [0.1, 0.15) is 11.5 Å². The molecule has 6 nitrogen and oxygen atoms in total. The molecule has 2 aliphatic heterocycles. The van der Waals surface area contributed by atoms with Gasteiger partial charge in [0.25, 0.3) is 11.7 Å². The molecule has 0 aromatic heterocycles. The van der Waals surface area contributed by atoms with Gasteiger partial charge in [0, 0.05) is 18.7 Å². The number of amides is 1. The molecule has 4 rings (SSSR count). The Labute approximate surface area is 213 Å². The maximum Gasteiger partial charge on any atom is 0.295 e. The molecule has 36 heavy (non-hydrogen) atoms. The number of carbonyl (C=O) groups is 2. The Morgan fingerprint density at radius 2 is 1.58 bits per heavy atom. The first kappa shape index (κ1) is 26.0. The van der Waals surface area contributed by atoms with Crippen molar-refractivity contribution in [3.63, 3.8) is 0 Å². The van der Waals surface area contributed by atoms with Crippen LogP contribution in [-0.4, -0.2) is 46.1 Å². The smallest absolute Gasteiger partial charge is 0.295 e. The van der Waals surface area contributed by atoms with Crippen molar-refractivity contribution in [2.45, 2.75) is 77.4 Å². The summed E-state index contributed by atoms with van der Waals surface area (Å²) in [6.07, 6.45) is 1.55. The van der Waals surface area contributed by atoms with Crippen molar-refractivity contribution >= 4 is 17.4 Å². The summed E-state index contributed by atoms with van der Waals surface area (Å²) in [5, 5.41) is 22.6. The molecule has 2 N–H and O–H groups in total. The Hall–Kier alpha value is -3.12. The molecule has 0 bridgehead atoms. The van der Waals surface area contributed by atoms with Crippen LogP contribution < -0.4 is 0 Å². The van der Waals surface area contributed by atoms with Crippen LogP contribution in [0.15, 0.2) is 48.0 Å². The predicted octanol–water partition coefficient (Wildman–Crippen LogP) is 5.59. The van der Waals surface area contributed by atoms with E-state index in [1.54, 1.807) is 24.3 Å². The summed E-state index contributed by atoms with van der Waals surface area (Å²) >= 11 is 0. The summed E-state index contributed by atoms with van der Waals surface area (Å²) in [5.41, 5.74) is 1.91. The molecule has 1 amide bonds. The van der Waals surface area contributed by atoms with E-state index in [-0.39, 0.29) is 29.7 Å². The van der Waals surface area contributed by atoms with E-state index in [0.29, 0.717) is 17.7 Å². The van der Waals surface area contributed by atoms with E-state index in [1.165, 1.54) is 4.90 Å². The van der Waals surface area contributed by atoms with Gasteiger partial charge in [-0.3, -0.25) is 9.59 Å². The monoisotopic (exact) mass is 491 g/mol. The number of hydrogen-bond donors (Lipinski definition) is 2. The molecular weight excluding hydrogens is 454 g/mol. The van der Waals surface area contributed by atoms with Gasteiger partial charge >= 0.3 is 0 Å². The van der Waals surface area contributed by atoms with Crippen molar-refractivity contribution in [3.8, 4) is 5.75 Å². The molecule has 0 radical (unpaired) electrons. The molecule has 2 aliphatic rings. The van der Waals surface area contributed by atoms with E-state index in [2.05, 4.69) is 0 Å². The third kappa shape index (κ3) is 4.79. The number of ether oxygens (including phenoxy) is 1. The molecule has 2 fully saturated rings. The van der Waals surface area contributed by atoms with Gasteiger partial charge in [-0.2, -0.15) is 0 Å². The number of benzene rings is 2. The van der Waals surface area contributed by atoms with Crippen LogP contribution in [0.1, 0.15) is 82.7 Å². The second-order valence-corrected chi connectivity index (χ2v) is 11.9. The third-order valence-corrected chi connectivity index (χ3v) is 7.08. The van der Waals surface area contributed by atoms with Crippen molar-refractivity contribution < 1.29 is 24.5 Å². The van der Waals surface area contributed by atoms with Crippen LogP contribution in [0.3, 0.4) is 0 Å². The van der Waals surface area contributed by atoms with Crippen molar-refractivity contribution in [2.24, 2.45) is 0 Å². The van der Waals surface area contributed by atoms with E-state index in [4.69, 9.17) is 4.74 Å². The summed E-state index contributed by atoms with van der Waals surface area (Å²) in [7, 11) is 0. The third-order valence-electron chi connectivity index (χ3n) is 7.08. The first-order chi connectivity index (χ1) is 16.8. The van der Waals surface area contributed by atoms with Crippen LogP contribution in [-0.2, 0) is 25.2 Å². The highest BCUT2D eigenvalue weighted by molar-refractivity contribution is 6.46. The van der Waals surface area contributed by atoms with Crippen LogP contribution in [0.4, 0.5) is 0 Å². The fourth-order valence-corrected chi connectivity index (χ4v) is 5.13. The number of rotatable bonds is 4. The lowest BCUT2D eigenvalue weighted by Crippen LogP contribution is -2.36. The van der Waals surface area contributed by atoms with Gasteiger partial charge in [-0.15, -0.1) is 0 Å². The Balaban J connectivity index is 1.98. The fraction of sp³-hybridized carbons (Fsp3) is 0.467. The second kappa shape index (κ2) is 9.40. The van der Waals surface area contributed by atoms with Crippen LogP contribution in [0, 0.1) is 0 Å². The highest BCUT2D eigenvalue weighted by Gasteiger charge is 2.47. The molecule has 2 heterocycles. The van der Waals surface area contributed by atoms with Gasteiger partial charge in [0.15, 0.2) is 0 Å². The normalized spacial score (nSPS) is 22.4. The average molecular weight is 492 g/mol. The van der Waals surface area contributed by atoms with Gasteiger partial charge in [-0.25, -0.2) is 0 Å². The van der Waals surface area contributed by atoms with Gasteiger partial charge in [-0.05, 0) is 52.5 Å². The zero-order valence-corrected chi connectivity index (χ0v) is 22.1. The molecule has 6 heteroatoms. The quantitative estimate of drug-likeness (QED) is 0.331. The zero-order valence-electron chi connectivity index (χ0n) is 22.1. The molecule has 192 valence electrons. The number of nitrogens with zero attached hydrogens (tertiary/aromatic N) is 1. The van der Waals surface area contributed by atoms with Crippen molar-refractivity contribution in [3.05, 3.63) is 70.3 Å². The highest BCUT2D eigenvalue weighted by atomic mass is 16.5. The van der Waals surface area contributed by atoms with E-state index < -0.39 is 28.6 Å². The number of likely N-dealkylation sites (tertiary alicyclic amines) is 1. The minimum absolute atomic E-state index is 0.0644. The number of aliphatic hydroxyl groups is 1. The summed E-state index contributed by atoms with van der Waals surface area (Å²) in [5.74, 6) is -1.33. The van der Waals surface area contributed by atoms with E-state index in [0.717, 1.165) is 24.0 Å². The molecule has 0 aliphatic carbocycles. The zero-order chi connectivity index (χ0) is 26.4. The average Bonchev–Trinajstić information content (AvgIpc) is 3.40. The number of ketones is 1. The molecule has 0 saturated carbocycles. The molecule has 2 aromatic carbocycles. The number of aromatic hydroxyl groups is 1. The Bertz CT molecular complexity index is 1160. The van der Waals surface area contributed by atoms with E-state index in [9.17, 15) is 19.8 Å². The summed E-state index contributed by atoms with van der Waals surface area (Å²) in [4.78, 5) is 28.3. The number of carbonyl (C=O) groups excluding carboxylic acids is 2. The number of phenols is 1. The predicted molar refractivity (Wildman–Crippen MR) is 140 cm³/mol. The minimum atomic E-state index is -0.794. The molecule has 2 saturated heterocycles. The number of hydrogen-bond acceptors (Lipinski definition) is 5. The maximum absolute atomic E-state index is 13.4. The molecule has 2 atom stereocenters. The Morgan fingerprint density at radius 1 is 1.00 bits per heavy atom. The van der Waals surface area contributed by atoms with Crippen LogP contribution >= 0.6 is 0 Å². The van der Waals surface area contributed by atoms with Crippen molar-refractivity contribution in [1.82, 2.24) is 4.90 Å². The van der Waals surface area contributed by atoms with Crippen LogP contribution in [0.2, 0.25) is 0 Å². The van der Waals surface area contributed by atoms with Crippen LogP contribution in [0.5, 0.6) is 5.75 Å². The summed E-state index contributed by atoms with van der Waals surface area (Å²) < 4.78 is 5.81. The lowest BCUT2D eigenvalue weighted by Gasteiger charge is -2.32. The Kier molecular flexibility index (Phi) is 6.78. The number of Topliss-reactive ketones (excluding diaryl/α,β-unsaturated/α-hetero) is 1. The fourth-order valence-electron chi connectivity index (χ4n) is 5.13. The van der Waals surface area contributed by atoms with E-state index >= 15 is 0 Å². The van der Waals surface area contributed by atoms with E-state index in [1.807, 2.05) is 59.7 Å². The molecule has 2 unspecified atom stereocenters. The largest absolute Gasteiger partial charge is 0.507 e. The minimum Gasteiger partial charge on any atom is -0.507 e. The van der Waals surface area contributed by atoms with Crippen molar-refractivity contribution in [2.75, 3.05) is 13.2 Å².